The van der Waals surface area contributed by atoms with Gasteiger partial charge in [0.1, 0.15) is 0 Å². The molecule has 0 radical (unpaired) electrons. The fraction of sp³-hybridized carbons (Fsp3) is 0.250. The molecule has 0 amide bonds. The van der Waals surface area contributed by atoms with E-state index in [-0.39, 0.29) is 36.9 Å². The number of aliphatic hydroxyl groups is 2. The summed E-state index contributed by atoms with van der Waals surface area (Å²) in [4.78, 5) is 0. The van der Waals surface area contributed by atoms with E-state index in [2.05, 4.69) is 48.6 Å². The zero-order valence-corrected chi connectivity index (χ0v) is 22.0. The highest BCUT2D eigenvalue weighted by molar-refractivity contribution is 5.47. The fourth-order valence-electron chi connectivity index (χ4n) is 6.17. The molecular formula is C32H30N6O2. The number of allylic oxidation sites excluding steroid dienone is 8. The molecule has 40 heavy (non-hydrogen) atoms. The summed E-state index contributed by atoms with van der Waals surface area (Å²) >= 11 is 0. The van der Waals surface area contributed by atoms with Crippen LogP contribution in [0.4, 0.5) is 0 Å². The maximum Gasteiger partial charge on any atom is 0.0944 e. The van der Waals surface area contributed by atoms with Crippen molar-refractivity contribution in [3.05, 3.63) is 142 Å². The summed E-state index contributed by atoms with van der Waals surface area (Å²) in [5.41, 5.74) is 8.16. The van der Waals surface area contributed by atoms with Gasteiger partial charge in [-0.3, -0.25) is 0 Å². The van der Waals surface area contributed by atoms with Gasteiger partial charge >= 0.3 is 0 Å². The molecular weight excluding hydrogens is 500 g/mol. The van der Waals surface area contributed by atoms with Crippen LogP contribution in [0, 0.1) is 0 Å². The molecule has 7 rings (SSSR count). The van der Waals surface area contributed by atoms with Crippen LogP contribution >= 0.6 is 0 Å². The summed E-state index contributed by atoms with van der Waals surface area (Å²) < 4.78 is 4.08. The summed E-state index contributed by atoms with van der Waals surface area (Å²) in [5, 5.41) is 37.9. The predicted molar refractivity (Wildman–Crippen MR) is 151 cm³/mol. The number of rotatable bonds is 6. The van der Waals surface area contributed by atoms with Gasteiger partial charge in [-0.25, -0.2) is 9.36 Å². The minimum atomic E-state index is -0.00138. The molecule has 0 aliphatic heterocycles. The first-order valence-corrected chi connectivity index (χ1v) is 13.7. The second-order valence-electron chi connectivity index (χ2n) is 10.6. The summed E-state index contributed by atoms with van der Waals surface area (Å²) in [6.07, 6.45) is 17.3. The minimum Gasteiger partial charge on any atom is -0.392 e. The highest BCUT2D eigenvalue weighted by Crippen LogP contribution is 2.49. The van der Waals surface area contributed by atoms with Crippen LogP contribution in [0.2, 0.25) is 0 Å². The Labute approximate surface area is 232 Å². The van der Waals surface area contributed by atoms with Crippen molar-refractivity contribution < 1.29 is 10.2 Å². The van der Waals surface area contributed by atoms with Crippen LogP contribution in [0.25, 0.3) is 0 Å². The third-order valence-electron chi connectivity index (χ3n) is 8.21. The van der Waals surface area contributed by atoms with E-state index in [9.17, 15) is 10.2 Å². The largest absolute Gasteiger partial charge is 0.392 e. The first-order chi connectivity index (χ1) is 19.7. The fourth-order valence-corrected chi connectivity index (χ4v) is 6.17. The summed E-state index contributed by atoms with van der Waals surface area (Å²) in [5.74, 6) is 0.0245. The molecule has 0 bridgehead atoms. The average Bonchev–Trinajstić information content (AvgIpc) is 3.61. The lowest BCUT2D eigenvalue weighted by Crippen LogP contribution is -2.26. The second kappa shape index (κ2) is 10.3. The van der Waals surface area contributed by atoms with Crippen molar-refractivity contribution in [1.82, 2.24) is 30.0 Å². The molecule has 2 N–H and O–H groups in total. The van der Waals surface area contributed by atoms with Crippen LogP contribution in [0.1, 0.15) is 68.7 Å². The minimum absolute atomic E-state index is 0.00138. The van der Waals surface area contributed by atoms with E-state index >= 15 is 0 Å². The number of fused-ring (bicyclic) bond motifs is 8. The van der Waals surface area contributed by atoms with Crippen molar-refractivity contribution in [2.45, 2.75) is 50.0 Å². The average molecular weight is 531 g/mol. The van der Waals surface area contributed by atoms with Gasteiger partial charge in [0, 0.05) is 23.7 Å². The van der Waals surface area contributed by atoms with Gasteiger partial charge in [-0.2, -0.15) is 0 Å². The first kappa shape index (κ1) is 24.6. The second-order valence-corrected chi connectivity index (χ2v) is 10.6. The summed E-state index contributed by atoms with van der Waals surface area (Å²) in [7, 11) is 0. The zero-order valence-electron chi connectivity index (χ0n) is 22.0. The van der Waals surface area contributed by atoms with Crippen molar-refractivity contribution in [2.75, 3.05) is 0 Å². The SMILES string of the molecule is OCc1ccc(Cn2nnc3c2[C@H]2C=CC=C[C@H]2c2c(nnn2Cc2ccc(CO)cc2)[C@H]2C=CC=C[C@@H]32)cc1. The van der Waals surface area contributed by atoms with Crippen LogP contribution in [0.3, 0.4) is 0 Å². The van der Waals surface area contributed by atoms with Gasteiger partial charge < -0.3 is 10.2 Å². The normalized spacial score (nSPS) is 22.2. The van der Waals surface area contributed by atoms with Gasteiger partial charge in [0.2, 0.25) is 0 Å². The van der Waals surface area contributed by atoms with E-state index in [1.54, 1.807) is 0 Å². The Bertz CT molecular complexity index is 1520. The third kappa shape index (κ3) is 4.26. The molecule has 0 fully saturated rings. The van der Waals surface area contributed by atoms with Gasteiger partial charge in [0.25, 0.3) is 0 Å². The van der Waals surface area contributed by atoms with Crippen LogP contribution in [0.5, 0.6) is 0 Å². The number of aliphatic hydroxyl groups excluding tert-OH is 2. The molecule has 200 valence electrons. The van der Waals surface area contributed by atoms with E-state index in [0.29, 0.717) is 13.1 Å². The Balaban J connectivity index is 1.34. The molecule has 3 aliphatic rings. The van der Waals surface area contributed by atoms with E-state index < -0.39 is 0 Å². The molecule has 3 aliphatic carbocycles. The Hall–Kier alpha value is -4.40. The molecule has 8 nitrogen and oxygen atoms in total. The first-order valence-electron chi connectivity index (χ1n) is 13.7. The number of nitrogens with zero attached hydrogens (tertiary/aromatic N) is 6. The standard InChI is InChI=1S/C32H30N6O2/c39-19-23-13-9-21(10-14-23)17-37-31-27-7-3-4-8-28(27)32-30(26-6-2-1-5-25(26)29(31)33-35-37)34-36-38(32)18-22-11-15-24(20-40)16-12-22/h1-16,25-28,39-40H,17-20H2/t25-,26+,27+,28-. The van der Waals surface area contributed by atoms with Crippen LogP contribution in [0.15, 0.2) is 97.1 Å². The molecule has 0 unspecified atom stereocenters. The van der Waals surface area contributed by atoms with Crippen LogP contribution < -0.4 is 0 Å². The Kier molecular flexibility index (Phi) is 6.34. The van der Waals surface area contributed by atoms with Crippen molar-refractivity contribution in [2.24, 2.45) is 0 Å². The van der Waals surface area contributed by atoms with E-state index in [1.165, 1.54) is 0 Å². The van der Waals surface area contributed by atoms with Crippen molar-refractivity contribution in [3.63, 3.8) is 0 Å². The zero-order chi connectivity index (χ0) is 27.1. The molecule has 2 aromatic carbocycles. The lowest BCUT2D eigenvalue weighted by molar-refractivity contribution is 0.281. The third-order valence-corrected chi connectivity index (χ3v) is 8.21. The maximum absolute atomic E-state index is 9.47. The number of hydrogen-bond donors (Lipinski definition) is 2. The van der Waals surface area contributed by atoms with Crippen molar-refractivity contribution in [1.29, 1.82) is 0 Å². The molecule has 4 aromatic rings. The Morgan fingerprint density at radius 2 is 0.850 bits per heavy atom. The molecule has 2 aromatic heterocycles. The molecule has 0 spiro atoms. The lowest BCUT2D eigenvalue weighted by atomic mass is 9.72. The molecule has 0 saturated carbocycles. The monoisotopic (exact) mass is 530 g/mol. The molecule has 8 heteroatoms. The van der Waals surface area contributed by atoms with Gasteiger partial charge in [-0.1, -0.05) is 108 Å². The summed E-state index contributed by atoms with van der Waals surface area (Å²) in [6.45, 7) is 1.23. The van der Waals surface area contributed by atoms with Crippen molar-refractivity contribution >= 4 is 0 Å². The van der Waals surface area contributed by atoms with E-state index in [4.69, 9.17) is 20.6 Å². The Morgan fingerprint density at radius 1 is 0.500 bits per heavy atom. The molecule has 4 atom stereocenters. The molecule has 0 saturated heterocycles. The van der Waals surface area contributed by atoms with E-state index in [0.717, 1.165) is 45.0 Å². The van der Waals surface area contributed by atoms with Crippen LogP contribution in [-0.2, 0) is 26.3 Å². The van der Waals surface area contributed by atoms with E-state index in [1.807, 2.05) is 57.9 Å². The number of aromatic nitrogens is 6. The lowest BCUT2D eigenvalue weighted by Gasteiger charge is -2.33. The van der Waals surface area contributed by atoms with Gasteiger partial charge in [-0.15, -0.1) is 10.2 Å². The van der Waals surface area contributed by atoms with Crippen molar-refractivity contribution in [3.8, 4) is 0 Å². The summed E-state index contributed by atoms with van der Waals surface area (Å²) in [6, 6.07) is 16.0. The van der Waals surface area contributed by atoms with Crippen LogP contribution in [-0.4, -0.2) is 40.2 Å². The van der Waals surface area contributed by atoms with Gasteiger partial charge in [0.05, 0.1) is 49.1 Å². The number of benzene rings is 2. The maximum atomic E-state index is 9.47. The smallest absolute Gasteiger partial charge is 0.0944 e. The molecule has 2 heterocycles. The van der Waals surface area contributed by atoms with Gasteiger partial charge in [0.15, 0.2) is 0 Å². The highest BCUT2D eigenvalue weighted by atomic mass is 16.3. The quantitative estimate of drug-likeness (QED) is 0.387. The highest BCUT2D eigenvalue weighted by Gasteiger charge is 2.42. The number of hydrogen-bond acceptors (Lipinski definition) is 6. The Morgan fingerprint density at radius 3 is 1.23 bits per heavy atom. The van der Waals surface area contributed by atoms with Gasteiger partial charge in [-0.05, 0) is 22.3 Å². The topological polar surface area (TPSA) is 102 Å². The predicted octanol–water partition coefficient (Wildman–Crippen LogP) is 4.25.